The Morgan fingerprint density at radius 2 is 2.11 bits per heavy atom. The van der Waals surface area contributed by atoms with Crippen LogP contribution in [0.5, 0.6) is 0 Å². The molecule has 0 fully saturated rings. The highest BCUT2D eigenvalue weighted by atomic mass is 32.1. The highest BCUT2D eigenvalue weighted by Crippen LogP contribution is 2.29. The van der Waals surface area contributed by atoms with Crippen molar-refractivity contribution < 1.29 is 19.4 Å². The van der Waals surface area contributed by atoms with Crippen LogP contribution >= 0.6 is 11.3 Å². The number of carboxylic acid groups (broad SMARTS) is 1. The summed E-state index contributed by atoms with van der Waals surface area (Å²) in [6.45, 7) is 6.41. The summed E-state index contributed by atoms with van der Waals surface area (Å²) >= 11 is 1.39. The summed E-state index contributed by atoms with van der Waals surface area (Å²) in [6.07, 6.45) is 0.225. The molecule has 1 N–H and O–H groups in total. The predicted molar refractivity (Wildman–Crippen MR) is 71.6 cm³/mol. The van der Waals surface area contributed by atoms with E-state index in [-0.39, 0.29) is 6.09 Å². The van der Waals surface area contributed by atoms with Gasteiger partial charge in [0.2, 0.25) is 0 Å². The molecule has 1 aromatic rings. The average Bonchev–Trinajstić information content (AvgIpc) is 2.68. The van der Waals surface area contributed by atoms with Crippen molar-refractivity contribution in [1.82, 2.24) is 4.90 Å². The van der Waals surface area contributed by atoms with Gasteiger partial charge in [-0.15, -0.1) is 11.3 Å². The second kappa shape index (κ2) is 4.85. The maximum atomic E-state index is 12.0. The number of amides is 1. The van der Waals surface area contributed by atoms with E-state index in [9.17, 15) is 9.59 Å². The number of thiophene rings is 1. The maximum absolute atomic E-state index is 12.0. The number of carbonyl (C=O) groups is 2. The van der Waals surface area contributed by atoms with Crippen LogP contribution in [0.25, 0.3) is 0 Å². The van der Waals surface area contributed by atoms with Gasteiger partial charge in [-0.05, 0) is 32.8 Å². The molecule has 0 radical (unpaired) electrons. The summed E-state index contributed by atoms with van der Waals surface area (Å²) in [7, 11) is 0. The number of rotatable bonds is 1. The Hall–Kier alpha value is -1.56. The lowest BCUT2D eigenvalue weighted by atomic mass is 10.0. The van der Waals surface area contributed by atoms with Crippen molar-refractivity contribution in [3.8, 4) is 0 Å². The normalized spacial score (nSPS) is 15.0. The Morgan fingerprint density at radius 1 is 1.42 bits per heavy atom. The Balaban J connectivity index is 2.11. The largest absolute Gasteiger partial charge is 0.478 e. The Bertz CT molecular complexity index is 515. The Labute approximate surface area is 115 Å². The van der Waals surface area contributed by atoms with Crippen molar-refractivity contribution in [3.63, 3.8) is 0 Å². The predicted octanol–water partition coefficient (Wildman–Crippen LogP) is 2.74. The molecule has 1 aromatic heterocycles. The number of ether oxygens (including phenoxy) is 1. The van der Waals surface area contributed by atoms with Gasteiger partial charge >= 0.3 is 12.1 Å². The number of hydrogen-bond acceptors (Lipinski definition) is 4. The highest BCUT2D eigenvalue weighted by Gasteiger charge is 2.28. The minimum absolute atomic E-state index is 0.344. The zero-order chi connectivity index (χ0) is 14.2. The third kappa shape index (κ3) is 3.07. The molecule has 2 heterocycles. The van der Waals surface area contributed by atoms with Crippen molar-refractivity contribution in [2.45, 2.75) is 39.3 Å². The molecule has 0 atom stereocenters. The van der Waals surface area contributed by atoms with Gasteiger partial charge in [-0.25, -0.2) is 9.59 Å². The summed E-state index contributed by atoms with van der Waals surface area (Å²) in [5.74, 6) is -0.900. The molecule has 0 unspecified atom stereocenters. The fraction of sp³-hybridized carbons (Fsp3) is 0.538. The van der Waals surface area contributed by atoms with Gasteiger partial charge in [0.25, 0.3) is 0 Å². The molecular formula is C13H17NO4S. The van der Waals surface area contributed by atoms with Crippen LogP contribution in [0.15, 0.2) is 5.38 Å². The number of aromatic carboxylic acids is 1. The fourth-order valence-electron chi connectivity index (χ4n) is 1.99. The lowest BCUT2D eigenvalue weighted by Crippen LogP contribution is -2.39. The van der Waals surface area contributed by atoms with Crippen LogP contribution in [0.3, 0.4) is 0 Å². The average molecular weight is 283 g/mol. The lowest BCUT2D eigenvalue weighted by Gasteiger charge is -2.30. The van der Waals surface area contributed by atoms with Crippen LogP contribution in [0, 0.1) is 0 Å². The van der Waals surface area contributed by atoms with Crippen molar-refractivity contribution in [2.24, 2.45) is 0 Å². The van der Waals surface area contributed by atoms with Gasteiger partial charge in [-0.3, -0.25) is 0 Å². The summed E-state index contributed by atoms with van der Waals surface area (Å²) in [4.78, 5) is 25.6. The molecule has 5 nitrogen and oxygen atoms in total. The zero-order valence-corrected chi connectivity index (χ0v) is 12.0. The van der Waals surface area contributed by atoms with Crippen molar-refractivity contribution in [3.05, 3.63) is 21.4 Å². The van der Waals surface area contributed by atoms with Crippen LogP contribution in [-0.2, 0) is 17.7 Å². The molecule has 0 bridgehead atoms. The van der Waals surface area contributed by atoms with Gasteiger partial charge in [0, 0.05) is 16.8 Å². The highest BCUT2D eigenvalue weighted by molar-refractivity contribution is 7.10. The summed E-state index contributed by atoms with van der Waals surface area (Å²) in [5.41, 5.74) is 0.708. The van der Waals surface area contributed by atoms with E-state index in [0.29, 0.717) is 25.1 Å². The molecule has 0 saturated carbocycles. The third-order valence-electron chi connectivity index (χ3n) is 2.83. The molecule has 104 valence electrons. The van der Waals surface area contributed by atoms with Gasteiger partial charge in [-0.1, -0.05) is 0 Å². The van der Waals surface area contributed by atoms with E-state index < -0.39 is 11.6 Å². The van der Waals surface area contributed by atoms with Crippen molar-refractivity contribution in [1.29, 1.82) is 0 Å². The maximum Gasteiger partial charge on any atom is 0.410 e. The molecule has 2 rings (SSSR count). The van der Waals surface area contributed by atoms with E-state index in [1.54, 1.807) is 10.3 Å². The van der Waals surface area contributed by atoms with E-state index in [0.717, 1.165) is 10.4 Å². The summed E-state index contributed by atoms with van der Waals surface area (Å²) in [6, 6.07) is 0. The van der Waals surface area contributed by atoms with Gasteiger partial charge in [-0.2, -0.15) is 0 Å². The smallest absolute Gasteiger partial charge is 0.410 e. The molecule has 0 saturated heterocycles. The summed E-state index contributed by atoms with van der Waals surface area (Å²) in [5, 5.41) is 10.7. The molecule has 6 heteroatoms. The minimum Gasteiger partial charge on any atom is -0.478 e. The quantitative estimate of drug-likeness (QED) is 0.860. The van der Waals surface area contributed by atoms with Crippen molar-refractivity contribution in [2.75, 3.05) is 6.54 Å². The Morgan fingerprint density at radius 3 is 2.68 bits per heavy atom. The van der Waals surface area contributed by atoms with Crippen LogP contribution in [0.1, 0.15) is 41.6 Å². The number of carboxylic acids is 1. The molecule has 1 aliphatic rings. The van der Waals surface area contributed by atoms with Crippen molar-refractivity contribution >= 4 is 23.4 Å². The van der Waals surface area contributed by atoms with Gasteiger partial charge < -0.3 is 14.7 Å². The first-order valence-corrected chi connectivity index (χ1v) is 6.96. The lowest BCUT2D eigenvalue weighted by molar-refractivity contribution is 0.0226. The Kier molecular flexibility index (Phi) is 3.54. The number of nitrogens with zero attached hydrogens (tertiary/aromatic N) is 1. The fourth-order valence-corrected chi connectivity index (χ4v) is 3.08. The molecule has 0 spiro atoms. The molecular weight excluding hydrogens is 266 g/mol. The first-order chi connectivity index (χ1) is 8.78. The number of fused-ring (bicyclic) bond motifs is 1. The monoisotopic (exact) mass is 283 g/mol. The van der Waals surface area contributed by atoms with Crippen LogP contribution in [0.4, 0.5) is 4.79 Å². The molecule has 0 aliphatic carbocycles. The van der Waals surface area contributed by atoms with Gasteiger partial charge in [0.15, 0.2) is 0 Å². The molecule has 19 heavy (non-hydrogen) atoms. The minimum atomic E-state index is -0.900. The van der Waals surface area contributed by atoms with E-state index in [1.807, 2.05) is 20.8 Å². The van der Waals surface area contributed by atoms with Gasteiger partial charge in [0.05, 0.1) is 12.1 Å². The van der Waals surface area contributed by atoms with E-state index in [4.69, 9.17) is 9.84 Å². The second-order valence-corrected chi connectivity index (χ2v) is 6.47. The van der Waals surface area contributed by atoms with Gasteiger partial charge in [0.1, 0.15) is 5.60 Å². The zero-order valence-electron chi connectivity index (χ0n) is 11.2. The standard InChI is InChI=1S/C13H17NO4S/c1-13(2,3)18-12(17)14-5-4-8-9(11(15)16)7-19-10(8)6-14/h7H,4-6H2,1-3H3,(H,15,16). The first kappa shape index (κ1) is 13.9. The van der Waals surface area contributed by atoms with E-state index in [1.165, 1.54) is 11.3 Å². The number of hydrogen-bond donors (Lipinski definition) is 1. The van der Waals surface area contributed by atoms with Crippen LogP contribution in [0.2, 0.25) is 0 Å². The van der Waals surface area contributed by atoms with E-state index in [2.05, 4.69) is 0 Å². The SMILES string of the molecule is CC(C)(C)OC(=O)N1CCc2c(C(=O)O)csc2C1. The van der Waals surface area contributed by atoms with Crippen LogP contribution < -0.4 is 0 Å². The first-order valence-electron chi connectivity index (χ1n) is 6.08. The summed E-state index contributed by atoms with van der Waals surface area (Å²) < 4.78 is 5.32. The molecule has 0 aromatic carbocycles. The van der Waals surface area contributed by atoms with E-state index >= 15 is 0 Å². The second-order valence-electron chi connectivity index (χ2n) is 5.51. The number of carbonyl (C=O) groups excluding carboxylic acids is 1. The molecule has 1 aliphatic heterocycles. The topological polar surface area (TPSA) is 66.8 Å². The molecule has 1 amide bonds. The van der Waals surface area contributed by atoms with Crippen LogP contribution in [-0.4, -0.2) is 34.2 Å². The third-order valence-corrected chi connectivity index (χ3v) is 3.84.